The predicted octanol–water partition coefficient (Wildman–Crippen LogP) is 20.2. The maximum Gasteiger partial charge on any atom is 0.0459 e. The summed E-state index contributed by atoms with van der Waals surface area (Å²) >= 11 is 0. The van der Waals surface area contributed by atoms with E-state index in [1.54, 1.807) is 7.11 Å². The summed E-state index contributed by atoms with van der Waals surface area (Å²) in [6.07, 6.45) is 26.4. The Kier molecular flexibility index (Phi) is 90.9. The van der Waals surface area contributed by atoms with E-state index in [4.69, 9.17) is 4.74 Å². The highest BCUT2D eigenvalue weighted by Gasteiger charge is 2.17. The minimum atomic E-state index is 0. The number of aryl methyl sites for hydroxylation is 1. The summed E-state index contributed by atoms with van der Waals surface area (Å²) in [6.45, 7) is 48.0. The molecule has 2 heteroatoms. The third-order valence-corrected chi connectivity index (χ3v) is 8.91. The van der Waals surface area contributed by atoms with Crippen molar-refractivity contribution in [3.63, 3.8) is 0 Å². The molecule has 1 aromatic rings. The summed E-state index contributed by atoms with van der Waals surface area (Å²) in [6, 6.07) is 10.5. The minimum Gasteiger partial charge on any atom is -0.385 e. The maximum absolute atomic E-state index is 4.69. The van der Waals surface area contributed by atoms with Gasteiger partial charge < -0.3 is 9.64 Å². The van der Waals surface area contributed by atoms with Crippen molar-refractivity contribution in [2.75, 3.05) is 33.4 Å². The van der Waals surface area contributed by atoms with Gasteiger partial charge in [-0.15, -0.1) is 0 Å². The van der Waals surface area contributed by atoms with Crippen molar-refractivity contribution >= 4 is 0 Å². The highest BCUT2D eigenvalue weighted by Crippen LogP contribution is 2.31. The van der Waals surface area contributed by atoms with Crippen LogP contribution in [0.1, 0.15) is 267 Å². The van der Waals surface area contributed by atoms with Crippen LogP contribution in [-0.4, -0.2) is 38.3 Å². The number of hydrogen-bond acceptors (Lipinski definition) is 2. The lowest BCUT2D eigenvalue weighted by atomic mass is 9.84. The van der Waals surface area contributed by atoms with E-state index in [0.29, 0.717) is 0 Å². The Morgan fingerprint density at radius 3 is 1.10 bits per heavy atom. The molecule has 4 fully saturated rings. The molecule has 0 unspecified atom stereocenters. The lowest BCUT2D eigenvalue weighted by Gasteiger charge is -2.25. The molecule has 1 aliphatic heterocycles. The fourth-order valence-electron chi connectivity index (χ4n) is 4.01. The van der Waals surface area contributed by atoms with Gasteiger partial charge in [-0.2, -0.15) is 0 Å². The van der Waals surface area contributed by atoms with Crippen molar-refractivity contribution in [2.45, 2.75) is 268 Å². The zero-order valence-electron chi connectivity index (χ0n) is 44.4. The fraction of sp³-hybridized carbons (Fsp3) is 0.893. The monoisotopic (exact) mass is 826 g/mol. The van der Waals surface area contributed by atoms with Gasteiger partial charge in [-0.3, -0.25) is 0 Å². The molecule has 0 spiro atoms. The zero-order valence-corrected chi connectivity index (χ0v) is 44.4. The standard InChI is InChI=1S/C8H17N.C8H10.C6H12.C5H10.C5H12.C4H10O.C4H8.2C4H10.C3H8.2C2H6.CH4/c1-2-6-9-7-4-3-5-8-9;1-2-8-6-4-3-5-7-8;1-2-6-4-3-5-6;1-2-5-3-4-5;1-4-5(2)3;1-3-4-5-2;1-4-2-3-4;1-4(2)3;1-3-4-2;1-3-2;2*1-2;/h2-8H2,1H3;3-7H,2H2,1H3;6H,2-5H2,1H3;5H,2-4H2,1H3;5H,4H2,1-3H3;3-4H2,1-2H3;4H,2-3H2,1H3;4H,1-3H3;3-4H2,1-2H3;3H2,1-2H3;2*1-2H3;1H4. The van der Waals surface area contributed by atoms with E-state index in [1.807, 2.05) is 33.8 Å². The SMILES string of the molecule is C.CC.CC.CC(C)C.CC1CC1.CCC.CCC(C)C.CCC1CC1.CCC1CCC1.CCCC.CCCN1CCCCC1.CCCOC.CCc1ccccc1. The summed E-state index contributed by atoms with van der Waals surface area (Å²) < 4.78 is 4.69. The maximum atomic E-state index is 4.69. The lowest BCUT2D eigenvalue weighted by Crippen LogP contribution is -2.30. The Hall–Kier alpha value is -0.860. The zero-order chi connectivity index (χ0) is 45.5. The number of nitrogens with zero attached hydrogens (tertiary/aromatic N) is 1. The molecule has 0 bridgehead atoms. The topological polar surface area (TPSA) is 12.5 Å². The minimum absolute atomic E-state index is 0. The molecular weight excluding hydrogens is 703 g/mol. The number of likely N-dealkylation sites (tertiary alicyclic amines) is 1. The number of ether oxygens (including phenoxy) is 1. The van der Waals surface area contributed by atoms with E-state index < -0.39 is 0 Å². The second-order valence-corrected chi connectivity index (χ2v) is 16.7. The van der Waals surface area contributed by atoms with E-state index in [0.717, 1.165) is 49.0 Å². The number of rotatable bonds is 9. The molecule has 1 aromatic carbocycles. The molecule has 3 saturated carbocycles. The van der Waals surface area contributed by atoms with Gasteiger partial charge in [0.1, 0.15) is 0 Å². The molecule has 1 heterocycles. The Bertz CT molecular complexity index is 670. The summed E-state index contributed by atoms with van der Waals surface area (Å²) in [4.78, 5) is 2.57. The quantitative estimate of drug-likeness (QED) is 0.246. The third kappa shape index (κ3) is 95.5. The summed E-state index contributed by atoms with van der Waals surface area (Å²) in [5, 5.41) is 0. The molecule has 58 heavy (non-hydrogen) atoms. The van der Waals surface area contributed by atoms with Crippen LogP contribution in [0.4, 0.5) is 0 Å². The van der Waals surface area contributed by atoms with E-state index in [9.17, 15) is 0 Å². The van der Waals surface area contributed by atoms with Gasteiger partial charge >= 0.3 is 0 Å². The third-order valence-electron chi connectivity index (χ3n) is 8.91. The molecule has 0 atom stereocenters. The second-order valence-electron chi connectivity index (χ2n) is 16.7. The van der Waals surface area contributed by atoms with Crippen molar-refractivity contribution < 1.29 is 4.74 Å². The highest BCUT2D eigenvalue weighted by atomic mass is 16.5. The molecule has 1 saturated heterocycles. The molecular formula is C56H123NO. The molecule has 2 nitrogen and oxygen atoms in total. The van der Waals surface area contributed by atoms with E-state index in [1.165, 1.54) is 134 Å². The van der Waals surface area contributed by atoms with Gasteiger partial charge in [0.25, 0.3) is 0 Å². The smallest absolute Gasteiger partial charge is 0.0459 e. The summed E-state index contributed by atoms with van der Waals surface area (Å²) in [5.74, 6) is 5.05. The van der Waals surface area contributed by atoms with Crippen molar-refractivity contribution in [2.24, 2.45) is 29.6 Å². The Balaban J connectivity index is -0.0000000801. The van der Waals surface area contributed by atoms with Gasteiger partial charge in [0.2, 0.25) is 0 Å². The van der Waals surface area contributed by atoms with Gasteiger partial charge in [-0.1, -0.05) is 266 Å². The van der Waals surface area contributed by atoms with Crippen molar-refractivity contribution in [3.8, 4) is 0 Å². The van der Waals surface area contributed by atoms with Gasteiger partial charge in [0.15, 0.2) is 0 Å². The van der Waals surface area contributed by atoms with E-state index in [-0.39, 0.29) is 7.43 Å². The average molecular weight is 827 g/mol. The van der Waals surface area contributed by atoms with E-state index >= 15 is 0 Å². The molecule has 0 amide bonds. The summed E-state index contributed by atoms with van der Waals surface area (Å²) in [5.41, 5.74) is 1.41. The first-order valence-electron chi connectivity index (χ1n) is 25.6. The van der Waals surface area contributed by atoms with Crippen molar-refractivity contribution in [1.82, 2.24) is 4.90 Å². The van der Waals surface area contributed by atoms with E-state index in [2.05, 4.69) is 140 Å². The first-order chi connectivity index (χ1) is 27.4. The molecule has 358 valence electrons. The predicted molar refractivity (Wildman–Crippen MR) is 279 cm³/mol. The van der Waals surface area contributed by atoms with Crippen molar-refractivity contribution in [3.05, 3.63) is 35.9 Å². The molecule has 3 aliphatic carbocycles. The van der Waals surface area contributed by atoms with Crippen LogP contribution in [0, 0.1) is 29.6 Å². The number of methoxy groups -OCH3 is 1. The van der Waals surface area contributed by atoms with Gasteiger partial charge in [0.05, 0.1) is 0 Å². The highest BCUT2D eigenvalue weighted by molar-refractivity contribution is 5.13. The first-order valence-corrected chi connectivity index (χ1v) is 25.6. The van der Waals surface area contributed by atoms with Crippen LogP contribution >= 0.6 is 0 Å². The van der Waals surface area contributed by atoms with Crippen LogP contribution < -0.4 is 0 Å². The Morgan fingerprint density at radius 1 is 0.586 bits per heavy atom. The largest absolute Gasteiger partial charge is 0.385 e. The van der Waals surface area contributed by atoms with Gasteiger partial charge in [-0.25, -0.2) is 0 Å². The van der Waals surface area contributed by atoms with Crippen LogP contribution in [0.25, 0.3) is 0 Å². The number of unbranched alkanes of at least 4 members (excludes halogenated alkanes) is 1. The van der Waals surface area contributed by atoms with Crippen molar-refractivity contribution in [1.29, 1.82) is 0 Å². The molecule has 4 aliphatic rings. The summed E-state index contributed by atoms with van der Waals surface area (Å²) in [7, 11) is 1.71. The normalized spacial score (nSPS) is 14.2. The molecule has 0 aromatic heterocycles. The molecule has 0 N–H and O–H groups in total. The second kappa shape index (κ2) is 70.7. The Morgan fingerprint density at radius 2 is 0.966 bits per heavy atom. The molecule has 5 rings (SSSR count). The van der Waals surface area contributed by atoms with Crippen LogP contribution in [0.3, 0.4) is 0 Å². The van der Waals surface area contributed by atoms with Gasteiger partial charge in [-0.05, 0) is 86.9 Å². The number of benzene rings is 1. The van der Waals surface area contributed by atoms with Gasteiger partial charge in [0, 0.05) is 13.7 Å². The lowest BCUT2D eigenvalue weighted by molar-refractivity contribution is 0.199. The number of hydrogen-bond donors (Lipinski definition) is 0. The van der Waals surface area contributed by atoms with Crippen LogP contribution in [-0.2, 0) is 11.2 Å². The molecule has 0 radical (unpaired) electrons. The Labute approximate surface area is 375 Å². The van der Waals surface area contributed by atoms with Crippen LogP contribution in [0.15, 0.2) is 30.3 Å². The van der Waals surface area contributed by atoms with Crippen LogP contribution in [0.2, 0.25) is 0 Å². The number of piperidine rings is 1. The average Bonchev–Trinajstić information content (AvgIpc) is 4.17. The van der Waals surface area contributed by atoms with Crippen LogP contribution in [0.5, 0.6) is 0 Å². The first kappa shape index (κ1) is 74.6. The fourth-order valence-corrected chi connectivity index (χ4v) is 4.01.